The molecule has 0 saturated carbocycles. The van der Waals surface area contributed by atoms with Crippen molar-refractivity contribution in [2.24, 2.45) is 0 Å². The molecule has 0 radical (unpaired) electrons. The van der Waals surface area contributed by atoms with E-state index in [-0.39, 0.29) is 11.9 Å². The highest BCUT2D eigenvalue weighted by molar-refractivity contribution is 6.31. The predicted octanol–water partition coefficient (Wildman–Crippen LogP) is 3.79. The van der Waals surface area contributed by atoms with Gasteiger partial charge in [-0.1, -0.05) is 24.6 Å². The third kappa shape index (κ3) is 4.21. The zero-order chi connectivity index (χ0) is 12.8. The number of benzene rings is 1. The minimum Gasteiger partial charge on any atom is -0.349 e. The van der Waals surface area contributed by atoms with Crippen molar-refractivity contribution in [3.05, 3.63) is 34.3 Å². The molecular formula is C13H17Cl2NO. The van der Waals surface area contributed by atoms with Crippen LogP contribution in [-0.2, 0) is 0 Å². The molecule has 0 aliphatic rings. The maximum absolute atomic E-state index is 11.9. The number of hydrogen-bond acceptors (Lipinski definition) is 1. The number of rotatable bonds is 5. The number of nitrogens with one attached hydrogen (secondary N) is 1. The lowest BCUT2D eigenvalue weighted by atomic mass is 10.1. The second-order valence-corrected chi connectivity index (χ2v) is 4.81. The first-order valence-electron chi connectivity index (χ1n) is 5.71. The minimum atomic E-state index is -0.0936. The van der Waals surface area contributed by atoms with E-state index in [0.29, 0.717) is 16.5 Å². The average Bonchev–Trinajstić information content (AvgIpc) is 2.31. The summed E-state index contributed by atoms with van der Waals surface area (Å²) in [7, 11) is 0. The molecule has 0 bridgehead atoms. The molecule has 1 atom stereocenters. The van der Waals surface area contributed by atoms with Gasteiger partial charge in [0.2, 0.25) is 0 Å². The van der Waals surface area contributed by atoms with Gasteiger partial charge in [-0.05, 0) is 37.5 Å². The SMILES string of the molecule is CCC(CCCl)NC(=O)c1ccc(C)c(Cl)c1. The molecular weight excluding hydrogens is 257 g/mol. The molecule has 0 spiro atoms. The average molecular weight is 274 g/mol. The Balaban J connectivity index is 2.72. The summed E-state index contributed by atoms with van der Waals surface area (Å²) in [5.74, 6) is 0.455. The molecule has 0 heterocycles. The highest BCUT2D eigenvalue weighted by atomic mass is 35.5. The van der Waals surface area contributed by atoms with Crippen molar-refractivity contribution < 1.29 is 4.79 Å². The Kier molecular flexibility index (Phi) is 5.79. The minimum absolute atomic E-state index is 0.0936. The van der Waals surface area contributed by atoms with E-state index in [2.05, 4.69) is 5.32 Å². The molecule has 0 aliphatic heterocycles. The summed E-state index contributed by atoms with van der Waals surface area (Å²) in [6.07, 6.45) is 1.65. The number of alkyl halides is 1. The summed E-state index contributed by atoms with van der Waals surface area (Å²) in [5, 5.41) is 3.56. The van der Waals surface area contributed by atoms with Crippen molar-refractivity contribution in [2.45, 2.75) is 32.7 Å². The van der Waals surface area contributed by atoms with Gasteiger partial charge >= 0.3 is 0 Å². The number of hydrogen-bond donors (Lipinski definition) is 1. The molecule has 1 aromatic rings. The molecule has 94 valence electrons. The summed E-state index contributed by atoms with van der Waals surface area (Å²) < 4.78 is 0. The van der Waals surface area contributed by atoms with Crippen LogP contribution in [0.4, 0.5) is 0 Å². The summed E-state index contributed by atoms with van der Waals surface area (Å²) in [4.78, 5) is 11.9. The highest BCUT2D eigenvalue weighted by Gasteiger charge is 2.12. The van der Waals surface area contributed by atoms with E-state index in [1.807, 2.05) is 19.9 Å². The van der Waals surface area contributed by atoms with E-state index in [1.54, 1.807) is 12.1 Å². The van der Waals surface area contributed by atoms with Crippen molar-refractivity contribution in [2.75, 3.05) is 5.88 Å². The smallest absolute Gasteiger partial charge is 0.251 e. The molecule has 1 rings (SSSR count). The van der Waals surface area contributed by atoms with Crippen molar-refractivity contribution >= 4 is 29.1 Å². The van der Waals surface area contributed by atoms with Gasteiger partial charge in [-0.15, -0.1) is 11.6 Å². The standard InChI is InChI=1S/C13H17Cl2NO/c1-3-11(6-7-14)16-13(17)10-5-4-9(2)12(15)8-10/h4-5,8,11H,3,6-7H2,1-2H3,(H,16,17). The van der Waals surface area contributed by atoms with E-state index in [9.17, 15) is 4.79 Å². The Morgan fingerprint density at radius 2 is 2.18 bits per heavy atom. The monoisotopic (exact) mass is 273 g/mol. The Hall–Kier alpha value is -0.730. The fourth-order valence-electron chi connectivity index (χ4n) is 1.51. The van der Waals surface area contributed by atoms with Crippen LogP contribution in [-0.4, -0.2) is 17.8 Å². The molecule has 2 nitrogen and oxygen atoms in total. The summed E-state index contributed by atoms with van der Waals surface area (Å²) >= 11 is 11.7. The summed E-state index contributed by atoms with van der Waals surface area (Å²) in [6, 6.07) is 5.45. The highest BCUT2D eigenvalue weighted by Crippen LogP contribution is 2.16. The number of carbonyl (C=O) groups excluding carboxylic acids is 1. The predicted molar refractivity (Wildman–Crippen MR) is 73.1 cm³/mol. The van der Waals surface area contributed by atoms with Gasteiger partial charge in [0, 0.05) is 22.5 Å². The van der Waals surface area contributed by atoms with Crippen LogP contribution >= 0.6 is 23.2 Å². The molecule has 1 N–H and O–H groups in total. The number of carbonyl (C=O) groups is 1. The first-order valence-corrected chi connectivity index (χ1v) is 6.62. The maximum atomic E-state index is 11.9. The normalized spacial score (nSPS) is 12.2. The Bertz CT molecular complexity index is 393. The molecule has 1 aromatic carbocycles. The molecule has 0 aliphatic carbocycles. The third-order valence-corrected chi connectivity index (χ3v) is 3.35. The number of halogens is 2. The third-order valence-electron chi connectivity index (χ3n) is 2.72. The van der Waals surface area contributed by atoms with Gasteiger partial charge in [0.25, 0.3) is 5.91 Å². The zero-order valence-electron chi connectivity index (χ0n) is 10.1. The first kappa shape index (κ1) is 14.3. The largest absolute Gasteiger partial charge is 0.349 e. The fraction of sp³-hybridized carbons (Fsp3) is 0.462. The van der Waals surface area contributed by atoms with Gasteiger partial charge in [-0.3, -0.25) is 4.79 Å². The second kappa shape index (κ2) is 6.87. The van der Waals surface area contributed by atoms with Crippen molar-refractivity contribution in [3.8, 4) is 0 Å². The molecule has 1 unspecified atom stereocenters. The van der Waals surface area contributed by atoms with Gasteiger partial charge in [-0.2, -0.15) is 0 Å². The van der Waals surface area contributed by atoms with Crippen LogP contribution in [0.2, 0.25) is 5.02 Å². The maximum Gasteiger partial charge on any atom is 0.251 e. The molecule has 0 saturated heterocycles. The zero-order valence-corrected chi connectivity index (χ0v) is 11.6. The molecule has 4 heteroatoms. The van der Waals surface area contributed by atoms with Gasteiger partial charge < -0.3 is 5.32 Å². The van der Waals surface area contributed by atoms with Crippen LogP contribution in [0.3, 0.4) is 0 Å². The van der Waals surface area contributed by atoms with E-state index in [4.69, 9.17) is 23.2 Å². The molecule has 0 aromatic heterocycles. The summed E-state index contributed by atoms with van der Waals surface area (Å²) in [5.41, 5.74) is 1.56. The molecule has 0 fully saturated rings. The van der Waals surface area contributed by atoms with Crippen LogP contribution in [0.15, 0.2) is 18.2 Å². The Morgan fingerprint density at radius 1 is 1.47 bits per heavy atom. The van der Waals surface area contributed by atoms with Crippen LogP contribution in [0.25, 0.3) is 0 Å². The Labute approximate surface area is 112 Å². The fourth-order valence-corrected chi connectivity index (χ4v) is 1.96. The second-order valence-electron chi connectivity index (χ2n) is 4.02. The lowest BCUT2D eigenvalue weighted by molar-refractivity contribution is 0.0935. The van der Waals surface area contributed by atoms with Gasteiger partial charge in [0.15, 0.2) is 0 Å². The van der Waals surface area contributed by atoms with E-state index in [0.717, 1.165) is 18.4 Å². The lowest BCUT2D eigenvalue weighted by Crippen LogP contribution is -2.34. The van der Waals surface area contributed by atoms with E-state index in [1.165, 1.54) is 0 Å². The van der Waals surface area contributed by atoms with Gasteiger partial charge in [0.1, 0.15) is 0 Å². The molecule has 17 heavy (non-hydrogen) atoms. The lowest BCUT2D eigenvalue weighted by Gasteiger charge is -2.15. The Morgan fingerprint density at radius 3 is 2.71 bits per heavy atom. The van der Waals surface area contributed by atoms with Crippen molar-refractivity contribution in [1.82, 2.24) is 5.32 Å². The topological polar surface area (TPSA) is 29.1 Å². The van der Waals surface area contributed by atoms with Crippen molar-refractivity contribution in [1.29, 1.82) is 0 Å². The van der Waals surface area contributed by atoms with Crippen LogP contribution in [0.5, 0.6) is 0 Å². The van der Waals surface area contributed by atoms with Gasteiger partial charge in [-0.25, -0.2) is 0 Å². The quantitative estimate of drug-likeness (QED) is 0.813. The van der Waals surface area contributed by atoms with E-state index >= 15 is 0 Å². The van der Waals surface area contributed by atoms with Gasteiger partial charge in [0.05, 0.1) is 0 Å². The number of aryl methyl sites for hydroxylation is 1. The number of amides is 1. The molecule has 1 amide bonds. The van der Waals surface area contributed by atoms with E-state index < -0.39 is 0 Å². The van der Waals surface area contributed by atoms with Crippen LogP contribution in [0.1, 0.15) is 35.7 Å². The van der Waals surface area contributed by atoms with Crippen molar-refractivity contribution in [3.63, 3.8) is 0 Å². The van der Waals surface area contributed by atoms with Crippen LogP contribution < -0.4 is 5.32 Å². The summed E-state index contributed by atoms with van der Waals surface area (Å²) in [6.45, 7) is 3.94. The first-order chi connectivity index (χ1) is 8.08. The van der Waals surface area contributed by atoms with Crippen LogP contribution in [0, 0.1) is 6.92 Å².